The molecule has 3 N–H and O–H groups in total. The summed E-state index contributed by atoms with van der Waals surface area (Å²) in [7, 11) is -3.26. The number of anilines is 2. The normalized spacial score (nSPS) is 11.3. The van der Waals surface area contributed by atoms with Gasteiger partial charge in [-0.3, -0.25) is 0 Å². The summed E-state index contributed by atoms with van der Waals surface area (Å²) in [6, 6.07) is 14.6. The molecule has 0 aliphatic heterocycles. The van der Waals surface area contributed by atoms with Crippen LogP contribution in [0.2, 0.25) is 0 Å². The molecule has 0 radical (unpaired) electrons. The fraction of sp³-hybridized carbons (Fsp3) is 0.250. The van der Waals surface area contributed by atoms with Crippen molar-refractivity contribution < 1.29 is 8.42 Å². The van der Waals surface area contributed by atoms with Gasteiger partial charge in [0.25, 0.3) is 0 Å². The molecule has 0 aliphatic rings. The van der Waals surface area contributed by atoms with Gasteiger partial charge in [0.15, 0.2) is 9.84 Å². The van der Waals surface area contributed by atoms with Crippen molar-refractivity contribution in [1.29, 1.82) is 0 Å². The second kappa shape index (κ2) is 6.74. The van der Waals surface area contributed by atoms with E-state index in [2.05, 4.69) is 5.32 Å². The lowest BCUT2D eigenvalue weighted by Gasteiger charge is -2.13. The van der Waals surface area contributed by atoms with Gasteiger partial charge in [0.05, 0.1) is 16.3 Å². The van der Waals surface area contributed by atoms with E-state index in [0.717, 1.165) is 11.3 Å². The maximum absolute atomic E-state index is 12.3. The lowest BCUT2D eigenvalue weighted by molar-refractivity contribution is 0.595. The molecule has 2 aromatic rings. The molecule has 0 saturated carbocycles. The Kier molecular flexibility index (Phi) is 4.98. The predicted molar refractivity (Wildman–Crippen MR) is 86.4 cm³/mol. The number of rotatable bonds is 6. The van der Waals surface area contributed by atoms with E-state index in [4.69, 9.17) is 5.73 Å². The molecule has 0 unspecified atom stereocenters. The summed E-state index contributed by atoms with van der Waals surface area (Å²) in [5.74, 6) is 0.147. The van der Waals surface area contributed by atoms with Gasteiger partial charge >= 0.3 is 0 Å². The van der Waals surface area contributed by atoms with Gasteiger partial charge in [-0.05, 0) is 36.2 Å². The SMILES string of the molecule is CCCS(=O)(=O)c1ccccc1Nc1cccc(CN)c1. The van der Waals surface area contributed by atoms with Crippen molar-refractivity contribution >= 4 is 21.2 Å². The second-order valence-electron chi connectivity index (χ2n) is 4.84. The molecule has 0 saturated heterocycles. The molecule has 112 valence electrons. The fourth-order valence-electron chi connectivity index (χ4n) is 2.15. The minimum absolute atomic E-state index is 0.147. The fourth-order valence-corrected chi connectivity index (χ4v) is 3.65. The van der Waals surface area contributed by atoms with Crippen molar-refractivity contribution in [3.05, 3.63) is 54.1 Å². The molecule has 0 fully saturated rings. The first kappa shape index (κ1) is 15.5. The van der Waals surface area contributed by atoms with Crippen molar-refractivity contribution in [3.63, 3.8) is 0 Å². The van der Waals surface area contributed by atoms with E-state index >= 15 is 0 Å². The van der Waals surface area contributed by atoms with Crippen LogP contribution < -0.4 is 11.1 Å². The first-order valence-corrected chi connectivity index (χ1v) is 8.60. The molecule has 2 rings (SSSR count). The number of sulfone groups is 1. The summed E-state index contributed by atoms with van der Waals surface area (Å²) in [5, 5.41) is 3.18. The van der Waals surface area contributed by atoms with Crippen molar-refractivity contribution in [1.82, 2.24) is 0 Å². The summed E-state index contributed by atoms with van der Waals surface area (Å²) in [5.41, 5.74) is 8.05. The molecule has 0 atom stereocenters. The number of nitrogens with one attached hydrogen (secondary N) is 1. The Hall–Kier alpha value is -1.85. The summed E-state index contributed by atoms with van der Waals surface area (Å²) in [4.78, 5) is 0.338. The molecule has 0 bridgehead atoms. The van der Waals surface area contributed by atoms with E-state index in [-0.39, 0.29) is 5.75 Å². The Balaban J connectivity index is 2.36. The number of benzene rings is 2. The van der Waals surface area contributed by atoms with E-state index < -0.39 is 9.84 Å². The van der Waals surface area contributed by atoms with Gasteiger partial charge in [0.1, 0.15) is 0 Å². The minimum Gasteiger partial charge on any atom is -0.354 e. The summed E-state index contributed by atoms with van der Waals surface area (Å²) in [6.45, 7) is 2.31. The van der Waals surface area contributed by atoms with Crippen LogP contribution in [0.3, 0.4) is 0 Å². The first-order chi connectivity index (χ1) is 10.1. The maximum Gasteiger partial charge on any atom is 0.180 e. The third-order valence-corrected chi connectivity index (χ3v) is 5.11. The molecule has 0 amide bonds. The van der Waals surface area contributed by atoms with Crippen LogP contribution in [-0.4, -0.2) is 14.2 Å². The summed E-state index contributed by atoms with van der Waals surface area (Å²) < 4.78 is 24.6. The van der Waals surface area contributed by atoms with Gasteiger partial charge in [-0.2, -0.15) is 0 Å². The molecule has 5 heteroatoms. The summed E-state index contributed by atoms with van der Waals surface area (Å²) >= 11 is 0. The molecule has 0 spiro atoms. The van der Waals surface area contributed by atoms with E-state index in [1.807, 2.05) is 37.3 Å². The number of nitrogens with two attached hydrogens (primary N) is 1. The Morgan fingerprint density at radius 2 is 1.86 bits per heavy atom. The average Bonchev–Trinajstić information content (AvgIpc) is 2.48. The molecular weight excluding hydrogens is 284 g/mol. The molecule has 0 aromatic heterocycles. The Labute approximate surface area is 125 Å². The average molecular weight is 304 g/mol. The van der Waals surface area contributed by atoms with E-state index in [0.29, 0.717) is 23.5 Å². The van der Waals surface area contributed by atoms with Gasteiger partial charge < -0.3 is 11.1 Å². The van der Waals surface area contributed by atoms with Crippen LogP contribution >= 0.6 is 0 Å². The topological polar surface area (TPSA) is 72.2 Å². The highest BCUT2D eigenvalue weighted by Crippen LogP contribution is 2.26. The van der Waals surface area contributed by atoms with Gasteiger partial charge in [0.2, 0.25) is 0 Å². The van der Waals surface area contributed by atoms with Crippen LogP contribution in [0, 0.1) is 0 Å². The molecule has 2 aromatic carbocycles. The van der Waals surface area contributed by atoms with Crippen LogP contribution in [0.25, 0.3) is 0 Å². The molecular formula is C16H20N2O2S. The monoisotopic (exact) mass is 304 g/mol. The molecule has 21 heavy (non-hydrogen) atoms. The second-order valence-corrected chi connectivity index (χ2v) is 6.92. The maximum atomic E-state index is 12.3. The number of hydrogen-bond donors (Lipinski definition) is 2. The molecule has 4 nitrogen and oxygen atoms in total. The van der Waals surface area contributed by atoms with Gasteiger partial charge in [-0.1, -0.05) is 31.2 Å². The number of hydrogen-bond acceptors (Lipinski definition) is 4. The predicted octanol–water partition coefficient (Wildman–Crippen LogP) is 3.07. The molecule has 0 heterocycles. The molecule has 0 aliphatic carbocycles. The largest absolute Gasteiger partial charge is 0.354 e. The quantitative estimate of drug-likeness (QED) is 0.860. The lowest BCUT2D eigenvalue weighted by atomic mass is 10.2. The summed E-state index contributed by atoms with van der Waals surface area (Å²) in [6.07, 6.45) is 0.597. The van der Waals surface area contributed by atoms with Crippen molar-refractivity contribution in [2.75, 3.05) is 11.1 Å². The standard InChI is InChI=1S/C16H20N2O2S/c1-2-10-21(19,20)16-9-4-3-8-15(16)18-14-7-5-6-13(11-14)12-17/h3-9,11,18H,2,10,12,17H2,1H3. The Morgan fingerprint density at radius 3 is 2.57 bits per heavy atom. The third-order valence-electron chi connectivity index (χ3n) is 3.14. The van der Waals surface area contributed by atoms with Crippen LogP contribution in [0.4, 0.5) is 11.4 Å². The zero-order chi connectivity index (χ0) is 15.3. The lowest BCUT2D eigenvalue weighted by Crippen LogP contribution is -2.08. The van der Waals surface area contributed by atoms with Crippen molar-refractivity contribution in [2.45, 2.75) is 24.8 Å². The van der Waals surface area contributed by atoms with Crippen LogP contribution in [-0.2, 0) is 16.4 Å². The van der Waals surface area contributed by atoms with E-state index in [1.165, 1.54) is 0 Å². The Morgan fingerprint density at radius 1 is 1.10 bits per heavy atom. The van der Waals surface area contributed by atoms with Gasteiger partial charge in [0, 0.05) is 12.2 Å². The highest BCUT2D eigenvalue weighted by molar-refractivity contribution is 7.91. The van der Waals surface area contributed by atoms with E-state index in [1.54, 1.807) is 18.2 Å². The third kappa shape index (κ3) is 3.83. The van der Waals surface area contributed by atoms with Crippen LogP contribution in [0.1, 0.15) is 18.9 Å². The van der Waals surface area contributed by atoms with Gasteiger partial charge in [-0.25, -0.2) is 8.42 Å². The first-order valence-electron chi connectivity index (χ1n) is 6.94. The highest BCUT2D eigenvalue weighted by atomic mass is 32.2. The Bertz CT molecular complexity index is 712. The van der Waals surface area contributed by atoms with Gasteiger partial charge in [-0.15, -0.1) is 0 Å². The smallest absolute Gasteiger partial charge is 0.180 e. The van der Waals surface area contributed by atoms with Crippen molar-refractivity contribution in [3.8, 4) is 0 Å². The zero-order valence-electron chi connectivity index (χ0n) is 12.0. The van der Waals surface area contributed by atoms with Crippen LogP contribution in [0.15, 0.2) is 53.4 Å². The zero-order valence-corrected chi connectivity index (χ0v) is 12.9. The number of para-hydroxylation sites is 1. The van der Waals surface area contributed by atoms with Crippen molar-refractivity contribution in [2.24, 2.45) is 5.73 Å². The highest BCUT2D eigenvalue weighted by Gasteiger charge is 2.17. The van der Waals surface area contributed by atoms with E-state index in [9.17, 15) is 8.42 Å². The van der Waals surface area contributed by atoms with Crippen LogP contribution in [0.5, 0.6) is 0 Å². The minimum atomic E-state index is -3.26.